The van der Waals surface area contributed by atoms with Gasteiger partial charge in [0.2, 0.25) is 15.9 Å². The highest BCUT2D eigenvalue weighted by Crippen LogP contribution is 2.27. The van der Waals surface area contributed by atoms with Gasteiger partial charge in [0, 0.05) is 50.4 Å². The molecule has 1 aliphatic carbocycles. The SMILES string of the molecule is O=C(c1ccc(N2CCCCC2=O)cc1)N1CCN(S(=O)(=O)c2ccc3c(c2)CCCC3)CC1. The van der Waals surface area contributed by atoms with Crippen molar-refractivity contribution < 1.29 is 18.0 Å². The Morgan fingerprint density at radius 1 is 0.735 bits per heavy atom. The van der Waals surface area contributed by atoms with E-state index in [-0.39, 0.29) is 24.9 Å². The second kappa shape index (κ2) is 9.50. The predicted octanol–water partition coefficient (Wildman–Crippen LogP) is 3.23. The van der Waals surface area contributed by atoms with Crippen LogP contribution < -0.4 is 4.90 Å². The zero-order valence-corrected chi connectivity index (χ0v) is 20.2. The minimum Gasteiger partial charge on any atom is -0.336 e. The van der Waals surface area contributed by atoms with E-state index in [1.807, 2.05) is 24.3 Å². The van der Waals surface area contributed by atoms with E-state index in [0.29, 0.717) is 36.5 Å². The maximum absolute atomic E-state index is 13.2. The van der Waals surface area contributed by atoms with E-state index in [1.165, 1.54) is 9.87 Å². The van der Waals surface area contributed by atoms with Crippen LogP contribution in [0.4, 0.5) is 5.69 Å². The van der Waals surface area contributed by atoms with Crippen molar-refractivity contribution in [3.63, 3.8) is 0 Å². The summed E-state index contributed by atoms with van der Waals surface area (Å²) < 4.78 is 27.9. The molecule has 2 saturated heterocycles. The Balaban J connectivity index is 1.22. The summed E-state index contributed by atoms with van der Waals surface area (Å²) in [6.45, 7) is 1.99. The van der Waals surface area contributed by atoms with E-state index in [2.05, 4.69) is 0 Å². The summed E-state index contributed by atoms with van der Waals surface area (Å²) in [5, 5.41) is 0. The number of benzene rings is 2. The van der Waals surface area contributed by atoms with Crippen LogP contribution >= 0.6 is 0 Å². The lowest BCUT2D eigenvalue weighted by atomic mass is 9.92. The van der Waals surface area contributed by atoms with Gasteiger partial charge in [-0.25, -0.2) is 8.42 Å². The summed E-state index contributed by atoms with van der Waals surface area (Å²) >= 11 is 0. The Bertz CT molecular complexity index is 1190. The van der Waals surface area contributed by atoms with Crippen LogP contribution in [-0.4, -0.2) is 62.2 Å². The fraction of sp³-hybridized carbons (Fsp3) is 0.462. The van der Waals surface area contributed by atoms with Crippen molar-refractivity contribution in [2.45, 2.75) is 49.8 Å². The van der Waals surface area contributed by atoms with Gasteiger partial charge < -0.3 is 9.80 Å². The molecule has 5 rings (SSSR count). The van der Waals surface area contributed by atoms with Crippen LogP contribution in [0, 0.1) is 0 Å². The summed E-state index contributed by atoms with van der Waals surface area (Å²) in [4.78, 5) is 29.0. The molecule has 0 radical (unpaired) electrons. The molecule has 0 N–H and O–H groups in total. The molecule has 2 aromatic carbocycles. The number of piperazine rings is 1. The van der Waals surface area contributed by atoms with Gasteiger partial charge in [0.15, 0.2) is 0 Å². The number of fused-ring (bicyclic) bond motifs is 1. The number of hydrogen-bond donors (Lipinski definition) is 0. The minimum absolute atomic E-state index is 0.109. The average molecular weight is 482 g/mol. The molecule has 0 spiro atoms. The number of hydrogen-bond acceptors (Lipinski definition) is 4. The minimum atomic E-state index is -3.57. The van der Waals surface area contributed by atoms with Gasteiger partial charge in [-0.2, -0.15) is 4.31 Å². The first-order valence-electron chi connectivity index (χ1n) is 12.3. The lowest BCUT2D eigenvalue weighted by Crippen LogP contribution is -2.50. The Morgan fingerprint density at radius 2 is 1.41 bits per heavy atom. The molecule has 0 unspecified atom stereocenters. The predicted molar refractivity (Wildman–Crippen MR) is 130 cm³/mol. The van der Waals surface area contributed by atoms with E-state index < -0.39 is 10.0 Å². The Kier molecular flexibility index (Phi) is 6.44. The zero-order chi connectivity index (χ0) is 23.7. The quantitative estimate of drug-likeness (QED) is 0.672. The molecule has 8 heteroatoms. The number of rotatable bonds is 4. The molecule has 0 saturated carbocycles. The van der Waals surface area contributed by atoms with Gasteiger partial charge in [0.05, 0.1) is 4.90 Å². The molecule has 180 valence electrons. The van der Waals surface area contributed by atoms with Crippen LogP contribution in [0.1, 0.15) is 53.6 Å². The van der Waals surface area contributed by atoms with Crippen molar-refractivity contribution in [1.29, 1.82) is 0 Å². The molecular formula is C26H31N3O4S. The largest absolute Gasteiger partial charge is 0.336 e. The van der Waals surface area contributed by atoms with Crippen molar-refractivity contribution in [1.82, 2.24) is 9.21 Å². The first-order chi connectivity index (χ1) is 16.4. The highest BCUT2D eigenvalue weighted by Gasteiger charge is 2.31. The zero-order valence-electron chi connectivity index (χ0n) is 19.4. The maximum atomic E-state index is 13.2. The fourth-order valence-electron chi connectivity index (χ4n) is 5.20. The number of carbonyl (C=O) groups excluding carboxylic acids is 2. The highest BCUT2D eigenvalue weighted by atomic mass is 32.2. The van der Waals surface area contributed by atoms with E-state index in [9.17, 15) is 18.0 Å². The van der Waals surface area contributed by atoms with Crippen LogP contribution in [0.5, 0.6) is 0 Å². The van der Waals surface area contributed by atoms with Crippen molar-refractivity contribution >= 4 is 27.5 Å². The number of carbonyl (C=O) groups is 2. The molecule has 2 fully saturated rings. The smallest absolute Gasteiger partial charge is 0.253 e. The summed E-state index contributed by atoms with van der Waals surface area (Å²) in [7, 11) is -3.57. The second-order valence-electron chi connectivity index (χ2n) is 9.38. The van der Waals surface area contributed by atoms with E-state index in [4.69, 9.17) is 0 Å². The van der Waals surface area contributed by atoms with Crippen LogP contribution in [0.2, 0.25) is 0 Å². The highest BCUT2D eigenvalue weighted by molar-refractivity contribution is 7.89. The van der Waals surface area contributed by atoms with Crippen molar-refractivity contribution in [2.24, 2.45) is 0 Å². The molecule has 2 aromatic rings. The molecule has 2 heterocycles. The summed E-state index contributed by atoms with van der Waals surface area (Å²) in [6, 6.07) is 12.7. The molecule has 2 aliphatic heterocycles. The number of anilines is 1. The van der Waals surface area contributed by atoms with Gasteiger partial charge in [-0.1, -0.05) is 6.07 Å². The third-order valence-corrected chi connectivity index (χ3v) is 9.13. The molecular weight excluding hydrogens is 450 g/mol. The topological polar surface area (TPSA) is 78.0 Å². The standard InChI is InChI=1S/C26H31N3O4S/c30-25-7-3-4-14-29(25)23-11-8-21(9-12-23)26(31)27-15-17-28(18-16-27)34(32,33)24-13-10-20-5-1-2-6-22(20)19-24/h8-13,19H,1-7,14-18H2. The molecule has 2 amide bonds. The Morgan fingerprint density at radius 3 is 2.12 bits per heavy atom. The summed E-state index contributed by atoms with van der Waals surface area (Å²) in [6.07, 6.45) is 6.71. The molecule has 0 atom stereocenters. The number of aryl methyl sites for hydroxylation is 2. The van der Waals surface area contributed by atoms with Gasteiger partial charge >= 0.3 is 0 Å². The Labute approximate surface area is 201 Å². The van der Waals surface area contributed by atoms with Crippen molar-refractivity contribution in [3.05, 3.63) is 59.2 Å². The average Bonchev–Trinajstić information content (AvgIpc) is 2.88. The van der Waals surface area contributed by atoms with E-state index in [1.54, 1.807) is 28.0 Å². The Hall–Kier alpha value is -2.71. The van der Waals surface area contributed by atoms with Gasteiger partial charge in [-0.15, -0.1) is 0 Å². The molecule has 34 heavy (non-hydrogen) atoms. The first-order valence-corrected chi connectivity index (χ1v) is 13.7. The third kappa shape index (κ3) is 4.49. The first kappa shape index (κ1) is 23.1. The lowest BCUT2D eigenvalue weighted by Gasteiger charge is -2.34. The van der Waals surface area contributed by atoms with Crippen molar-refractivity contribution in [2.75, 3.05) is 37.6 Å². The third-order valence-electron chi connectivity index (χ3n) is 7.23. The van der Waals surface area contributed by atoms with Crippen LogP contribution in [-0.2, 0) is 27.7 Å². The summed E-state index contributed by atoms with van der Waals surface area (Å²) in [5.41, 5.74) is 3.79. The normalized spacial score (nSPS) is 19.7. The molecule has 3 aliphatic rings. The number of piperidine rings is 1. The number of sulfonamides is 1. The van der Waals surface area contributed by atoms with E-state index in [0.717, 1.165) is 49.8 Å². The van der Waals surface area contributed by atoms with Gasteiger partial charge in [0.25, 0.3) is 5.91 Å². The lowest BCUT2D eigenvalue weighted by molar-refractivity contribution is -0.119. The van der Waals surface area contributed by atoms with Gasteiger partial charge in [-0.3, -0.25) is 9.59 Å². The van der Waals surface area contributed by atoms with Gasteiger partial charge in [0.1, 0.15) is 0 Å². The van der Waals surface area contributed by atoms with E-state index >= 15 is 0 Å². The van der Waals surface area contributed by atoms with Crippen LogP contribution in [0.3, 0.4) is 0 Å². The monoisotopic (exact) mass is 481 g/mol. The maximum Gasteiger partial charge on any atom is 0.253 e. The summed E-state index contributed by atoms with van der Waals surface area (Å²) in [5.74, 6) is 0.0175. The fourth-order valence-corrected chi connectivity index (χ4v) is 6.67. The number of amides is 2. The molecule has 0 bridgehead atoms. The van der Waals surface area contributed by atoms with Gasteiger partial charge in [-0.05, 0) is 86.1 Å². The van der Waals surface area contributed by atoms with Crippen molar-refractivity contribution in [3.8, 4) is 0 Å². The molecule has 0 aromatic heterocycles. The van der Waals surface area contributed by atoms with Crippen LogP contribution in [0.15, 0.2) is 47.4 Å². The number of nitrogens with zero attached hydrogens (tertiary/aromatic N) is 3. The molecule has 7 nitrogen and oxygen atoms in total. The second-order valence-corrected chi connectivity index (χ2v) is 11.3. The van der Waals surface area contributed by atoms with Crippen LogP contribution in [0.25, 0.3) is 0 Å².